The summed E-state index contributed by atoms with van der Waals surface area (Å²) in [7, 11) is 0. The first-order chi connectivity index (χ1) is 7.19. The number of nitrogens with one attached hydrogen (secondary N) is 1. The van der Waals surface area contributed by atoms with Crippen LogP contribution in [0, 0.1) is 5.92 Å². The number of rotatable bonds is 5. The van der Waals surface area contributed by atoms with Crippen LogP contribution in [0.5, 0.6) is 0 Å². The van der Waals surface area contributed by atoms with E-state index < -0.39 is 0 Å². The lowest BCUT2D eigenvalue weighted by atomic mass is 10.00. The first-order valence-corrected chi connectivity index (χ1v) is 6.10. The Kier molecular flexibility index (Phi) is 5.12. The quantitative estimate of drug-likeness (QED) is 0.862. The number of benzene rings is 1. The topological polar surface area (TPSA) is 32.3 Å². The molecule has 0 saturated carbocycles. The molecule has 0 aliphatic heterocycles. The van der Waals surface area contributed by atoms with Crippen molar-refractivity contribution >= 4 is 21.6 Å². The van der Waals surface area contributed by atoms with Crippen LogP contribution < -0.4 is 5.32 Å². The van der Waals surface area contributed by atoms with Gasteiger partial charge in [-0.1, -0.05) is 32.4 Å². The monoisotopic (exact) mass is 271 g/mol. The highest BCUT2D eigenvalue weighted by molar-refractivity contribution is 9.10. The van der Waals surface area contributed by atoms with Crippen LogP contribution in [0.1, 0.15) is 20.3 Å². The number of hydrogen-bond acceptors (Lipinski definition) is 2. The molecule has 0 heterocycles. The van der Waals surface area contributed by atoms with E-state index in [9.17, 15) is 5.11 Å². The van der Waals surface area contributed by atoms with E-state index in [1.165, 1.54) is 0 Å². The summed E-state index contributed by atoms with van der Waals surface area (Å²) in [6.45, 7) is 4.44. The molecule has 0 aliphatic rings. The van der Waals surface area contributed by atoms with Gasteiger partial charge in [0.2, 0.25) is 0 Å². The molecule has 0 saturated heterocycles. The minimum atomic E-state index is 0.119. The van der Waals surface area contributed by atoms with Crippen LogP contribution in [0.2, 0.25) is 0 Å². The number of anilines is 1. The fourth-order valence-electron chi connectivity index (χ4n) is 1.43. The van der Waals surface area contributed by atoms with Crippen LogP contribution in [0.3, 0.4) is 0 Å². The lowest BCUT2D eigenvalue weighted by Gasteiger charge is -2.23. The van der Waals surface area contributed by atoms with Gasteiger partial charge in [-0.3, -0.25) is 0 Å². The maximum absolute atomic E-state index is 9.30. The van der Waals surface area contributed by atoms with E-state index in [1.807, 2.05) is 24.3 Å². The summed E-state index contributed by atoms with van der Waals surface area (Å²) in [4.78, 5) is 0. The molecule has 0 aliphatic carbocycles. The standard InChI is InChI=1S/C12H18BrNO/c1-3-9(2)12(8-15)14-11-7-5-4-6-10(11)13/h4-7,9,12,14-15H,3,8H2,1-2H3. The van der Waals surface area contributed by atoms with Gasteiger partial charge >= 0.3 is 0 Å². The highest BCUT2D eigenvalue weighted by atomic mass is 79.9. The molecule has 0 spiro atoms. The molecular weight excluding hydrogens is 254 g/mol. The van der Waals surface area contributed by atoms with Gasteiger partial charge in [-0.2, -0.15) is 0 Å². The maximum atomic E-state index is 9.30. The van der Waals surface area contributed by atoms with Crippen LogP contribution in [0.4, 0.5) is 5.69 Å². The molecule has 1 rings (SSSR count). The van der Waals surface area contributed by atoms with E-state index in [0.717, 1.165) is 16.6 Å². The first-order valence-electron chi connectivity index (χ1n) is 5.31. The van der Waals surface area contributed by atoms with E-state index >= 15 is 0 Å². The third kappa shape index (κ3) is 3.50. The molecule has 2 nitrogen and oxygen atoms in total. The highest BCUT2D eigenvalue weighted by Gasteiger charge is 2.14. The lowest BCUT2D eigenvalue weighted by Crippen LogP contribution is -2.30. The number of hydrogen-bond donors (Lipinski definition) is 2. The van der Waals surface area contributed by atoms with Gasteiger partial charge < -0.3 is 10.4 Å². The Morgan fingerprint density at radius 2 is 2.07 bits per heavy atom. The average molecular weight is 272 g/mol. The van der Waals surface area contributed by atoms with Crippen molar-refractivity contribution in [3.63, 3.8) is 0 Å². The molecular formula is C12H18BrNO. The van der Waals surface area contributed by atoms with Gasteiger partial charge in [-0.05, 0) is 34.0 Å². The van der Waals surface area contributed by atoms with Gasteiger partial charge in [0.25, 0.3) is 0 Å². The van der Waals surface area contributed by atoms with Gasteiger partial charge in [0.1, 0.15) is 0 Å². The van der Waals surface area contributed by atoms with Crippen molar-refractivity contribution in [3.8, 4) is 0 Å². The van der Waals surface area contributed by atoms with E-state index in [2.05, 4.69) is 35.1 Å². The smallest absolute Gasteiger partial charge is 0.0635 e. The van der Waals surface area contributed by atoms with Gasteiger partial charge in [0.15, 0.2) is 0 Å². The number of para-hydroxylation sites is 1. The normalized spacial score (nSPS) is 14.7. The van der Waals surface area contributed by atoms with Crippen molar-refractivity contribution in [1.82, 2.24) is 0 Å². The fraction of sp³-hybridized carbons (Fsp3) is 0.500. The minimum absolute atomic E-state index is 0.119. The molecule has 0 amide bonds. The summed E-state index contributed by atoms with van der Waals surface area (Å²) in [5, 5.41) is 12.7. The van der Waals surface area contributed by atoms with E-state index in [1.54, 1.807) is 0 Å². The first kappa shape index (κ1) is 12.5. The molecule has 15 heavy (non-hydrogen) atoms. The minimum Gasteiger partial charge on any atom is -0.394 e. The second-order valence-electron chi connectivity index (χ2n) is 3.80. The molecule has 0 aromatic heterocycles. The van der Waals surface area contributed by atoms with Crippen LogP contribution in [0.25, 0.3) is 0 Å². The zero-order valence-electron chi connectivity index (χ0n) is 9.20. The second kappa shape index (κ2) is 6.13. The summed E-state index contributed by atoms with van der Waals surface area (Å²) >= 11 is 3.48. The van der Waals surface area contributed by atoms with Crippen LogP contribution >= 0.6 is 15.9 Å². The van der Waals surface area contributed by atoms with Crippen LogP contribution in [-0.4, -0.2) is 17.8 Å². The van der Waals surface area contributed by atoms with Gasteiger partial charge in [0.05, 0.1) is 12.6 Å². The number of aliphatic hydroxyl groups excluding tert-OH is 1. The van der Waals surface area contributed by atoms with E-state index in [-0.39, 0.29) is 12.6 Å². The van der Waals surface area contributed by atoms with Gasteiger partial charge in [-0.15, -0.1) is 0 Å². The Morgan fingerprint density at radius 3 is 2.60 bits per heavy atom. The Balaban J connectivity index is 2.71. The Bertz CT molecular complexity index is 303. The molecule has 0 radical (unpaired) electrons. The summed E-state index contributed by atoms with van der Waals surface area (Å²) in [5.74, 6) is 0.460. The lowest BCUT2D eigenvalue weighted by molar-refractivity contribution is 0.241. The maximum Gasteiger partial charge on any atom is 0.0635 e. The Morgan fingerprint density at radius 1 is 1.40 bits per heavy atom. The Hall–Kier alpha value is -0.540. The zero-order valence-corrected chi connectivity index (χ0v) is 10.8. The van der Waals surface area contributed by atoms with E-state index in [4.69, 9.17) is 0 Å². The van der Waals surface area contributed by atoms with Crippen molar-refractivity contribution in [2.45, 2.75) is 26.3 Å². The number of halogens is 1. The van der Waals surface area contributed by atoms with Crippen molar-refractivity contribution in [1.29, 1.82) is 0 Å². The molecule has 84 valence electrons. The number of aliphatic hydroxyl groups is 1. The van der Waals surface area contributed by atoms with Gasteiger partial charge in [0, 0.05) is 10.2 Å². The predicted octanol–water partition coefficient (Wildman–Crippen LogP) is 3.27. The second-order valence-corrected chi connectivity index (χ2v) is 4.65. The largest absolute Gasteiger partial charge is 0.394 e. The molecule has 2 N–H and O–H groups in total. The van der Waals surface area contributed by atoms with E-state index in [0.29, 0.717) is 5.92 Å². The average Bonchev–Trinajstić information content (AvgIpc) is 2.27. The van der Waals surface area contributed by atoms with Gasteiger partial charge in [-0.25, -0.2) is 0 Å². The molecule has 1 aromatic rings. The Labute approximate surface area is 99.8 Å². The molecule has 1 aromatic carbocycles. The zero-order chi connectivity index (χ0) is 11.3. The summed E-state index contributed by atoms with van der Waals surface area (Å²) < 4.78 is 1.03. The SMILES string of the molecule is CCC(C)C(CO)Nc1ccccc1Br. The van der Waals surface area contributed by atoms with Crippen LogP contribution in [0.15, 0.2) is 28.7 Å². The van der Waals surface area contributed by atoms with Crippen LogP contribution in [-0.2, 0) is 0 Å². The molecule has 0 bridgehead atoms. The summed E-state index contributed by atoms with van der Waals surface area (Å²) in [6, 6.07) is 8.08. The highest BCUT2D eigenvalue weighted by Crippen LogP contribution is 2.23. The molecule has 0 fully saturated rings. The van der Waals surface area contributed by atoms with Crippen molar-refractivity contribution < 1.29 is 5.11 Å². The van der Waals surface area contributed by atoms with Crippen molar-refractivity contribution in [2.75, 3.05) is 11.9 Å². The van der Waals surface area contributed by atoms with Crippen molar-refractivity contribution in [2.24, 2.45) is 5.92 Å². The molecule has 2 atom stereocenters. The molecule has 2 unspecified atom stereocenters. The van der Waals surface area contributed by atoms with Crippen molar-refractivity contribution in [3.05, 3.63) is 28.7 Å². The predicted molar refractivity (Wildman–Crippen MR) is 68.1 cm³/mol. The fourth-order valence-corrected chi connectivity index (χ4v) is 1.83. The summed E-state index contributed by atoms with van der Waals surface area (Å²) in [5.41, 5.74) is 1.04. The molecule has 3 heteroatoms. The third-order valence-electron chi connectivity index (χ3n) is 2.74. The summed E-state index contributed by atoms with van der Waals surface area (Å²) in [6.07, 6.45) is 1.06. The third-order valence-corrected chi connectivity index (χ3v) is 3.43.